The Balaban J connectivity index is 1.57. The number of ether oxygens (including phenoxy) is 2. The smallest absolute Gasteiger partial charge is 0.326 e. The van der Waals surface area contributed by atoms with E-state index in [1.807, 2.05) is 26.0 Å². The van der Waals surface area contributed by atoms with Crippen LogP contribution >= 0.6 is 0 Å². The zero-order chi connectivity index (χ0) is 17.3. The van der Waals surface area contributed by atoms with Gasteiger partial charge < -0.3 is 19.9 Å². The molecule has 1 saturated carbocycles. The van der Waals surface area contributed by atoms with Crippen LogP contribution in [0.3, 0.4) is 0 Å². The van der Waals surface area contributed by atoms with Crippen molar-refractivity contribution in [3.63, 3.8) is 0 Å². The molecule has 6 nitrogen and oxygen atoms in total. The van der Waals surface area contributed by atoms with Gasteiger partial charge in [0.25, 0.3) is 5.91 Å². The van der Waals surface area contributed by atoms with Gasteiger partial charge in [0.1, 0.15) is 11.6 Å². The van der Waals surface area contributed by atoms with Gasteiger partial charge in [0, 0.05) is 12.0 Å². The second kappa shape index (κ2) is 6.34. The zero-order valence-corrected chi connectivity index (χ0v) is 14.0. The van der Waals surface area contributed by atoms with Crippen LogP contribution in [-0.2, 0) is 16.0 Å². The monoisotopic (exact) mass is 333 g/mol. The third-order valence-corrected chi connectivity index (χ3v) is 4.31. The number of carbonyl (C=O) groups excluding carboxylic acids is 1. The van der Waals surface area contributed by atoms with Gasteiger partial charge in [0.15, 0.2) is 18.1 Å². The first-order valence-corrected chi connectivity index (χ1v) is 8.30. The predicted molar refractivity (Wildman–Crippen MR) is 87.3 cm³/mol. The molecule has 130 valence electrons. The molecule has 0 aromatic heterocycles. The number of aliphatic carboxylic acids is 1. The van der Waals surface area contributed by atoms with Crippen molar-refractivity contribution in [2.45, 2.75) is 51.2 Å². The molecule has 3 rings (SSSR count). The standard InChI is InChI=1S/C18H23NO5/c1-18(2)9-12-4-3-5-14(16(12)24-18)23-10-15(20)19-13(17(21)22)8-11-6-7-11/h3-5,11,13H,6-10H2,1-2H3,(H,19,20)(H,21,22). The van der Waals surface area contributed by atoms with Crippen LogP contribution in [0.25, 0.3) is 0 Å². The van der Waals surface area contributed by atoms with Crippen LogP contribution in [0.1, 0.15) is 38.7 Å². The van der Waals surface area contributed by atoms with Gasteiger partial charge in [0.05, 0.1) is 0 Å². The maximum absolute atomic E-state index is 12.0. The van der Waals surface area contributed by atoms with Crippen LogP contribution in [0, 0.1) is 5.92 Å². The summed E-state index contributed by atoms with van der Waals surface area (Å²) in [5.74, 6) is 0.171. The summed E-state index contributed by atoms with van der Waals surface area (Å²) in [6.07, 6.45) is 3.35. The minimum Gasteiger partial charge on any atom is -0.483 e. The first-order valence-electron chi connectivity index (χ1n) is 8.30. The van der Waals surface area contributed by atoms with Gasteiger partial charge >= 0.3 is 5.97 Å². The number of carboxylic acid groups (broad SMARTS) is 1. The van der Waals surface area contributed by atoms with Crippen LogP contribution in [0.15, 0.2) is 18.2 Å². The van der Waals surface area contributed by atoms with Crippen molar-refractivity contribution in [1.82, 2.24) is 5.32 Å². The molecule has 1 amide bonds. The number of carbonyl (C=O) groups is 2. The lowest BCUT2D eigenvalue weighted by atomic mass is 10.0. The highest BCUT2D eigenvalue weighted by Gasteiger charge is 2.33. The Labute approximate surface area is 141 Å². The van der Waals surface area contributed by atoms with E-state index in [1.54, 1.807) is 6.07 Å². The van der Waals surface area contributed by atoms with E-state index in [4.69, 9.17) is 9.47 Å². The molecule has 2 aliphatic rings. The number of carboxylic acids is 1. The fourth-order valence-electron chi connectivity index (χ4n) is 2.99. The lowest BCUT2D eigenvalue weighted by Crippen LogP contribution is -2.43. The van der Waals surface area contributed by atoms with Gasteiger partial charge in [-0.1, -0.05) is 25.0 Å². The van der Waals surface area contributed by atoms with E-state index >= 15 is 0 Å². The van der Waals surface area contributed by atoms with Crippen LogP contribution in [0.5, 0.6) is 11.5 Å². The number of para-hydroxylation sites is 1. The highest BCUT2D eigenvalue weighted by molar-refractivity contribution is 5.84. The molecular weight excluding hydrogens is 310 g/mol. The fourth-order valence-corrected chi connectivity index (χ4v) is 2.99. The Bertz CT molecular complexity index is 651. The average Bonchev–Trinajstić information content (AvgIpc) is 3.24. The van der Waals surface area contributed by atoms with Crippen molar-refractivity contribution < 1.29 is 24.2 Å². The number of nitrogens with one attached hydrogen (secondary N) is 1. The van der Waals surface area contributed by atoms with E-state index in [2.05, 4.69) is 5.32 Å². The molecule has 1 aliphatic heterocycles. The van der Waals surface area contributed by atoms with Crippen molar-refractivity contribution in [1.29, 1.82) is 0 Å². The van der Waals surface area contributed by atoms with E-state index in [0.717, 1.165) is 24.8 Å². The molecule has 1 aliphatic carbocycles. The Hall–Kier alpha value is -2.24. The summed E-state index contributed by atoms with van der Waals surface area (Å²) < 4.78 is 11.5. The molecule has 0 bridgehead atoms. The molecule has 0 spiro atoms. The van der Waals surface area contributed by atoms with E-state index < -0.39 is 17.9 Å². The Morgan fingerprint density at radius 2 is 2.17 bits per heavy atom. The molecule has 2 N–H and O–H groups in total. The summed E-state index contributed by atoms with van der Waals surface area (Å²) in [5, 5.41) is 11.7. The highest BCUT2D eigenvalue weighted by atomic mass is 16.5. The van der Waals surface area contributed by atoms with Crippen molar-refractivity contribution in [3.8, 4) is 11.5 Å². The number of hydrogen-bond acceptors (Lipinski definition) is 4. The SMILES string of the molecule is CC1(C)Cc2cccc(OCC(=O)NC(CC3CC3)C(=O)O)c2O1. The lowest BCUT2D eigenvalue weighted by Gasteiger charge is -2.18. The largest absolute Gasteiger partial charge is 0.483 e. The van der Waals surface area contributed by atoms with Crippen molar-refractivity contribution >= 4 is 11.9 Å². The topological polar surface area (TPSA) is 84.9 Å². The maximum Gasteiger partial charge on any atom is 0.326 e. The van der Waals surface area contributed by atoms with E-state index in [1.165, 1.54) is 0 Å². The Kier molecular flexibility index (Phi) is 4.39. The molecule has 0 radical (unpaired) electrons. The summed E-state index contributed by atoms with van der Waals surface area (Å²) in [7, 11) is 0. The van der Waals surface area contributed by atoms with Crippen molar-refractivity contribution in [2.75, 3.05) is 6.61 Å². The summed E-state index contributed by atoms with van der Waals surface area (Å²) in [6.45, 7) is 3.77. The van der Waals surface area contributed by atoms with Crippen LogP contribution in [0.2, 0.25) is 0 Å². The number of amides is 1. The van der Waals surface area contributed by atoms with E-state index in [0.29, 0.717) is 23.8 Å². The molecule has 1 heterocycles. The number of rotatable bonds is 7. The molecule has 1 unspecified atom stereocenters. The Morgan fingerprint density at radius 1 is 1.42 bits per heavy atom. The van der Waals surface area contributed by atoms with Gasteiger partial charge in [-0.15, -0.1) is 0 Å². The number of fused-ring (bicyclic) bond motifs is 1. The highest BCUT2D eigenvalue weighted by Crippen LogP contribution is 2.41. The molecule has 1 aromatic rings. The van der Waals surface area contributed by atoms with Crippen LogP contribution in [0.4, 0.5) is 0 Å². The van der Waals surface area contributed by atoms with Gasteiger partial charge in [-0.3, -0.25) is 4.79 Å². The summed E-state index contributed by atoms with van der Waals surface area (Å²) in [5.41, 5.74) is 0.762. The molecule has 1 fully saturated rings. The van der Waals surface area contributed by atoms with Crippen molar-refractivity contribution in [3.05, 3.63) is 23.8 Å². The summed E-state index contributed by atoms with van der Waals surface area (Å²) in [4.78, 5) is 23.2. The number of benzene rings is 1. The molecule has 24 heavy (non-hydrogen) atoms. The Morgan fingerprint density at radius 3 is 2.83 bits per heavy atom. The molecule has 1 atom stereocenters. The lowest BCUT2D eigenvalue weighted by molar-refractivity contribution is -0.142. The minimum atomic E-state index is -0.999. The van der Waals surface area contributed by atoms with E-state index in [9.17, 15) is 14.7 Å². The molecule has 1 aromatic carbocycles. The van der Waals surface area contributed by atoms with Crippen LogP contribution < -0.4 is 14.8 Å². The van der Waals surface area contributed by atoms with Gasteiger partial charge in [-0.2, -0.15) is 0 Å². The van der Waals surface area contributed by atoms with Crippen molar-refractivity contribution in [2.24, 2.45) is 5.92 Å². The third-order valence-electron chi connectivity index (χ3n) is 4.31. The summed E-state index contributed by atoms with van der Waals surface area (Å²) >= 11 is 0. The quantitative estimate of drug-likeness (QED) is 0.799. The van der Waals surface area contributed by atoms with Gasteiger partial charge in [0.2, 0.25) is 0 Å². The summed E-state index contributed by atoms with van der Waals surface area (Å²) in [6, 6.07) is 4.76. The zero-order valence-electron chi connectivity index (χ0n) is 14.0. The van der Waals surface area contributed by atoms with Gasteiger partial charge in [-0.25, -0.2) is 4.79 Å². The number of hydrogen-bond donors (Lipinski definition) is 2. The van der Waals surface area contributed by atoms with Gasteiger partial charge in [-0.05, 0) is 32.3 Å². The van der Waals surface area contributed by atoms with E-state index in [-0.39, 0.29) is 12.2 Å². The molecule has 0 saturated heterocycles. The maximum atomic E-state index is 12.0. The fraction of sp³-hybridized carbons (Fsp3) is 0.556. The molecule has 6 heteroatoms. The second-order valence-electron chi connectivity index (χ2n) is 7.21. The third kappa shape index (κ3) is 3.99. The predicted octanol–water partition coefficient (Wildman–Crippen LogP) is 2.15. The van der Waals surface area contributed by atoms with Crippen LogP contribution in [-0.4, -0.2) is 35.2 Å². The molecular formula is C18H23NO5. The second-order valence-corrected chi connectivity index (χ2v) is 7.21. The first kappa shape index (κ1) is 16.6. The first-order chi connectivity index (χ1) is 11.3. The minimum absolute atomic E-state index is 0.227. The average molecular weight is 333 g/mol. The normalized spacial score (nSPS) is 19.1.